The Bertz CT molecular complexity index is 1090. The maximum atomic E-state index is 13.0. The van der Waals surface area contributed by atoms with E-state index in [0.29, 0.717) is 5.56 Å². The van der Waals surface area contributed by atoms with Crippen LogP contribution in [0.1, 0.15) is 34.0 Å². The Morgan fingerprint density at radius 3 is 2.23 bits per heavy atom. The lowest BCUT2D eigenvalue weighted by atomic mass is 10.1. The Labute approximate surface area is 184 Å². The average Bonchev–Trinajstić information content (AvgIpc) is 2.75. The fourth-order valence-electron chi connectivity index (χ4n) is 3.57. The Kier molecular flexibility index (Phi) is 6.81. The summed E-state index contributed by atoms with van der Waals surface area (Å²) >= 11 is 0. The van der Waals surface area contributed by atoms with Gasteiger partial charge >= 0.3 is 0 Å². The lowest BCUT2D eigenvalue weighted by Crippen LogP contribution is -2.55. The highest BCUT2D eigenvalue weighted by atomic mass is 32.2. The van der Waals surface area contributed by atoms with E-state index in [4.69, 9.17) is 0 Å². The molecule has 1 atom stereocenters. The summed E-state index contributed by atoms with van der Waals surface area (Å²) < 4.78 is 27.3. The van der Waals surface area contributed by atoms with Crippen LogP contribution in [0.4, 0.5) is 0 Å². The second-order valence-corrected chi connectivity index (χ2v) is 9.98. The number of carbonyl (C=O) groups excluding carboxylic acids is 2. The molecule has 1 N–H and O–H groups in total. The molecule has 2 aromatic carbocycles. The number of nitrogens with one attached hydrogen (secondary N) is 1. The first-order valence-corrected chi connectivity index (χ1v) is 11.8. The number of rotatable bonds is 5. The maximum absolute atomic E-state index is 13.0. The molecule has 1 aliphatic heterocycles. The van der Waals surface area contributed by atoms with Gasteiger partial charge in [0.15, 0.2) is 0 Å². The van der Waals surface area contributed by atoms with Crippen LogP contribution in [0.25, 0.3) is 0 Å². The Morgan fingerprint density at radius 1 is 0.935 bits per heavy atom. The Balaban J connectivity index is 1.60. The van der Waals surface area contributed by atoms with Crippen molar-refractivity contribution in [1.29, 1.82) is 0 Å². The van der Waals surface area contributed by atoms with E-state index in [0.717, 1.165) is 16.7 Å². The molecule has 166 valence electrons. The summed E-state index contributed by atoms with van der Waals surface area (Å²) in [7, 11) is -3.60. The quantitative estimate of drug-likeness (QED) is 0.768. The normalized spacial score (nSPS) is 16.1. The molecular weight excluding hydrogens is 414 g/mol. The van der Waals surface area contributed by atoms with Gasteiger partial charge in [0.05, 0.1) is 4.90 Å². The van der Waals surface area contributed by atoms with Gasteiger partial charge < -0.3 is 10.2 Å². The number of hydrogen-bond acceptors (Lipinski definition) is 4. The number of piperazine rings is 1. The van der Waals surface area contributed by atoms with Crippen molar-refractivity contribution in [3.8, 4) is 0 Å². The average molecular weight is 444 g/mol. The molecule has 0 radical (unpaired) electrons. The Morgan fingerprint density at radius 2 is 1.61 bits per heavy atom. The minimum Gasteiger partial charge on any atom is -0.341 e. The zero-order valence-electron chi connectivity index (χ0n) is 18.4. The SMILES string of the molecule is Cc1cccc(C(=O)NC(C)C(=O)N2CCN(S(=O)(=O)c3ccc(C)c(C)c3)CC2)c1. The molecule has 8 heteroatoms. The van der Waals surface area contributed by atoms with Gasteiger partial charge in [0.25, 0.3) is 5.91 Å². The third-order valence-electron chi connectivity index (χ3n) is 5.66. The van der Waals surface area contributed by atoms with Crippen LogP contribution in [0.15, 0.2) is 47.4 Å². The molecule has 1 fully saturated rings. The molecular formula is C23H29N3O4S. The van der Waals surface area contributed by atoms with Crippen LogP contribution < -0.4 is 5.32 Å². The molecule has 0 aliphatic carbocycles. The lowest BCUT2D eigenvalue weighted by Gasteiger charge is -2.35. The van der Waals surface area contributed by atoms with E-state index < -0.39 is 16.1 Å². The van der Waals surface area contributed by atoms with Crippen LogP contribution in [-0.2, 0) is 14.8 Å². The summed E-state index contributed by atoms with van der Waals surface area (Å²) in [5.41, 5.74) is 3.43. The fraction of sp³-hybridized carbons (Fsp3) is 0.391. The number of aryl methyl sites for hydroxylation is 3. The minimum atomic E-state index is -3.60. The standard InChI is InChI=1S/C23H29N3O4S/c1-16-6-5-7-20(14-16)22(27)24-19(4)23(28)25-10-12-26(13-11-25)31(29,30)21-9-8-17(2)18(3)15-21/h5-9,14-15,19H,10-13H2,1-4H3,(H,24,27). The number of nitrogens with zero attached hydrogens (tertiary/aromatic N) is 2. The van der Waals surface area contributed by atoms with E-state index in [1.54, 1.807) is 48.2 Å². The summed E-state index contributed by atoms with van der Waals surface area (Å²) in [5.74, 6) is -0.523. The topological polar surface area (TPSA) is 86.8 Å². The van der Waals surface area contributed by atoms with Crippen molar-refractivity contribution in [1.82, 2.24) is 14.5 Å². The van der Waals surface area contributed by atoms with E-state index >= 15 is 0 Å². The monoisotopic (exact) mass is 443 g/mol. The van der Waals surface area contributed by atoms with E-state index in [1.807, 2.05) is 26.8 Å². The van der Waals surface area contributed by atoms with Gasteiger partial charge in [-0.2, -0.15) is 4.31 Å². The van der Waals surface area contributed by atoms with E-state index in [-0.39, 0.29) is 42.9 Å². The number of benzene rings is 2. The summed E-state index contributed by atoms with van der Waals surface area (Å²) in [4.78, 5) is 27.1. The molecule has 2 amide bonds. The summed E-state index contributed by atoms with van der Waals surface area (Å²) in [6.45, 7) is 8.39. The van der Waals surface area contributed by atoms with E-state index in [2.05, 4.69) is 5.32 Å². The second-order valence-electron chi connectivity index (χ2n) is 8.04. The maximum Gasteiger partial charge on any atom is 0.251 e. The third-order valence-corrected chi connectivity index (χ3v) is 7.56. The molecule has 2 aromatic rings. The van der Waals surface area contributed by atoms with Crippen molar-refractivity contribution >= 4 is 21.8 Å². The van der Waals surface area contributed by atoms with Crippen molar-refractivity contribution in [3.63, 3.8) is 0 Å². The van der Waals surface area contributed by atoms with Crippen LogP contribution >= 0.6 is 0 Å². The zero-order valence-corrected chi connectivity index (χ0v) is 19.2. The van der Waals surface area contributed by atoms with Crippen LogP contribution in [0, 0.1) is 20.8 Å². The molecule has 0 aromatic heterocycles. The highest BCUT2D eigenvalue weighted by Gasteiger charge is 2.32. The van der Waals surface area contributed by atoms with E-state index in [9.17, 15) is 18.0 Å². The van der Waals surface area contributed by atoms with Crippen molar-refractivity contribution in [2.45, 2.75) is 38.6 Å². The van der Waals surface area contributed by atoms with Gasteiger partial charge in [-0.15, -0.1) is 0 Å². The van der Waals surface area contributed by atoms with Crippen molar-refractivity contribution in [2.75, 3.05) is 26.2 Å². The predicted octanol–water partition coefficient (Wildman–Crippen LogP) is 2.26. The third kappa shape index (κ3) is 5.14. The van der Waals surface area contributed by atoms with Crippen LogP contribution in [-0.4, -0.2) is 61.7 Å². The number of carbonyl (C=O) groups is 2. The van der Waals surface area contributed by atoms with E-state index in [1.165, 1.54) is 4.31 Å². The molecule has 7 nitrogen and oxygen atoms in total. The molecule has 1 aliphatic rings. The van der Waals surface area contributed by atoms with Gasteiger partial charge in [-0.3, -0.25) is 9.59 Å². The molecule has 31 heavy (non-hydrogen) atoms. The largest absolute Gasteiger partial charge is 0.341 e. The predicted molar refractivity (Wildman–Crippen MR) is 119 cm³/mol. The highest BCUT2D eigenvalue weighted by molar-refractivity contribution is 7.89. The Hall–Kier alpha value is -2.71. The van der Waals surface area contributed by atoms with Crippen molar-refractivity contribution in [2.24, 2.45) is 0 Å². The molecule has 1 unspecified atom stereocenters. The van der Waals surface area contributed by atoms with Gasteiger partial charge in [0, 0.05) is 31.7 Å². The zero-order chi connectivity index (χ0) is 22.8. The molecule has 3 rings (SSSR count). The van der Waals surface area contributed by atoms with Gasteiger partial charge in [-0.05, 0) is 63.1 Å². The molecule has 0 saturated carbocycles. The summed E-state index contributed by atoms with van der Waals surface area (Å²) in [6.07, 6.45) is 0. The number of sulfonamides is 1. The van der Waals surface area contributed by atoms with Crippen LogP contribution in [0.5, 0.6) is 0 Å². The first-order valence-electron chi connectivity index (χ1n) is 10.3. The first kappa shape index (κ1) is 23.0. The first-order chi connectivity index (χ1) is 14.6. The van der Waals surface area contributed by atoms with Crippen LogP contribution in [0.3, 0.4) is 0 Å². The van der Waals surface area contributed by atoms with Crippen molar-refractivity contribution < 1.29 is 18.0 Å². The lowest BCUT2D eigenvalue weighted by molar-refractivity contribution is -0.134. The van der Waals surface area contributed by atoms with Gasteiger partial charge in [-0.1, -0.05) is 23.8 Å². The summed E-state index contributed by atoms with van der Waals surface area (Å²) in [5, 5.41) is 2.74. The molecule has 1 saturated heterocycles. The van der Waals surface area contributed by atoms with Crippen molar-refractivity contribution in [3.05, 3.63) is 64.7 Å². The molecule has 0 bridgehead atoms. The summed E-state index contributed by atoms with van der Waals surface area (Å²) in [6, 6.07) is 11.6. The second kappa shape index (κ2) is 9.20. The smallest absolute Gasteiger partial charge is 0.251 e. The van der Waals surface area contributed by atoms with Gasteiger partial charge in [-0.25, -0.2) is 8.42 Å². The fourth-order valence-corrected chi connectivity index (χ4v) is 5.08. The highest BCUT2D eigenvalue weighted by Crippen LogP contribution is 2.20. The minimum absolute atomic E-state index is 0.218. The number of hydrogen-bond donors (Lipinski definition) is 1. The van der Waals surface area contributed by atoms with Crippen LogP contribution in [0.2, 0.25) is 0 Å². The molecule has 0 spiro atoms. The van der Waals surface area contributed by atoms with Gasteiger partial charge in [0.2, 0.25) is 15.9 Å². The number of amides is 2. The van der Waals surface area contributed by atoms with Gasteiger partial charge in [0.1, 0.15) is 6.04 Å². The molecule has 1 heterocycles.